The molecule has 2 N–H and O–H groups in total. The Kier molecular flexibility index (Phi) is 4.33. The van der Waals surface area contributed by atoms with E-state index in [-0.39, 0.29) is 18.5 Å². The van der Waals surface area contributed by atoms with Gasteiger partial charge in [-0.1, -0.05) is 18.0 Å². The van der Waals surface area contributed by atoms with E-state index in [0.29, 0.717) is 5.89 Å². The van der Waals surface area contributed by atoms with Crippen molar-refractivity contribution in [2.24, 2.45) is 5.73 Å². The van der Waals surface area contributed by atoms with E-state index in [0.717, 1.165) is 25.7 Å². The molecule has 5 nitrogen and oxygen atoms in total. The predicted octanol–water partition coefficient (Wildman–Crippen LogP) is 2.31. The van der Waals surface area contributed by atoms with Crippen LogP contribution >= 0.6 is 0 Å². The predicted molar refractivity (Wildman–Crippen MR) is 63.8 cm³/mol. The maximum Gasteiger partial charge on any atom is 0.411 e. The van der Waals surface area contributed by atoms with Crippen LogP contribution in [-0.4, -0.2) is 29.0 Å². The Morgan fingerprint density at radius 3 is 2.85 bits per heavy atom. The van der Waals surface area contributed by atoms with Gasteiger partial charge in [-0.15, -0.1) is 0 Å². The molecule has 0 radical (unpaired) electrons. The van der Waals surface area contributed by atoms with Crippen LogP contribution in [0.5, 0.6) is 0 Å². The standard InChI is InChI=1S/C12H18F3N3O2/c1-11(5-3-2-4-8(11)16)10-17-9(18-20-10)6-19-7-12(13,14)15/h8H,2-7,16H2,1H3. The van der Waals surface area contributed by atoms with Crippen molar-refractivity contribution in [3.63, 3.8) is 0 Å². The fraction of sp³-hybridized carbons (Fsp3) is 0.833. The summed E-state index contributed by atoms with van der Waals surface area (Å²) >= 11 is 0. The molecule has 1 fully saturated rings. The lowest BCUT2D eigenvalue weighted by Crippen LogP contribution is -2.45. The summed E-state index contributed by atoms with van der Waals surface area (Å²) in [6.45, 7) is 0.298. The van der Waals surface area contributed by atoms with Gasteiger partial charge < -0.3 is 15.0 Å². The molecule has 114 valence electrons. The SMILES string of the molecule is CC1(c2nc(COCC(F)(F)F)no2)CCCCC1N. The number of hydrogen-bond donors (Lipinski definition) is 1. The zero-order chi connectivity index (χ0) is 14.8. The van der Waals surface area contributed by atoms with Crippen molar-refractivity contribution < 1.29 is 22.4 Å². The van der Waals surface area contributed by atoms with Crippen LogP contribution in [0.4, 0.5) is 13.2 Å². The summed E-state index contributed by atoms with van der Waals surface area (Å²) in [7, 11) is 0. The fourth-order valence-electron chi connectivity index (χ4n) is 2.43. The zero-order valence-corrected chi connectivity index (χ0v) is 11.2. The Balaban J connectivity index is 1.98. The Hall–Kier alpha value is -1.15. The fourth-order valence-corrected chi connectivity index (χ4v) is 2.43. The van der Waals surface area contributed by atoms with Gasteiger partial charge in [0.15, 0.2) is 5.82 Å². The van der Waals surface area contributed by atoms with Crippen LogP contribution in [0, 0.1) is 0 Å². The quantitative estimate of drug-likeness (QED) is 0.922. The summed E-state index contributed by atoms with van der Waals surface area (Å²) < 4.78 is 45.5. The zero-order valence-electron chi connectivity index (χ0n) is 11.2. The lowest BCUT2D eigenvalue weighted by Gasteiger charge is -2.35. The molecule has 0 bridgehead atoms. The molecule has 2 unspecified atom stereocenters. The number of rotatable bonds is 4. The topological polar surface area (TPSA) is 74.2 Å². The summed E-state index contributed by atoms with van der Waals surface area (Å²) in [5.74, 6) is 0.499. The Morgan fingerprint density at radius 1 is 1.45 bits per heavy atom. The number of hydrogen-bond acceptors (Lipinski definition) is 5. The second-order valence-electron chi connectivity index (χ2n) is 5.39. The summed E-state index contributed by atoms with van der Waals surface area (Å²) in [6.07, 6.45) is -0.568. The van der Waals surface area contributed by atoms with Gasteiger partial charge >= 0.3 is 6.18 Å². The summed E-state index contributed by atoms with van der Waals surface area (Å²) in [4.78, 5) is 4.13. The van der Waals surface area contributed by atoms with Crippen LogP contribution < -0.4 is 5.73 Å². The maximum atomic E-state index is 12.0. The molecule has 8 heteroatoms. The van der Waals surface area contributed by atoms with Crippen LogP contribution in [-0.2, 0) is 16.8 Å². The Labute approximate surface area is 114 Å². The highest BCUT2D eigenvalue weighted by atomic mass is 19.4. The molecule has 2 atom stereocenters. The molecular formula is C12H18F3N3O2. The summed E-state index contributed by atoms with van der Waals surface area (Å²) in [5, 5.41) is 3.66. The molecule has 1 aromatic heterocycles. The van der Waals surface area contributed by atoms with E-state index in [1.165, 1.54) is 0 Å². The first kappa shape index (κ1) is 15.2. The minimum absolute atomic E-state index is 0.0827. The first-order valence-corrected chi connectivity index (χ1v) is 6.54. The highest BCUT2D eigenvalue weighted by molar-refractivity contribution is 5.10. The second kappa shape index (κ2) is 5.69. The number of nitrogens with two attached hydrogens (primary N) is 1. The van der Waals surface area contributed by atoms with Crippen LogP contribution in [0.25, 0.3) is 0 Å². The average molecular weight is 293 g/mol. The van der Waals surface area contributed by atoms with Crippen molar-refractivity contribution in [3.8, 4) is 0 Å². The molecule has 0 saturated heterocycles. The van der Waals surface area contributed by atoms with Gasteiger partial charge in [0.2, 0.25) is 5.89 Å². The van der Waals surface area contributed by atoms with Crippen LogP contribution in [0.1, 0.15) is 44.3 Å². The molecule has 1 heterocycles. The van der Waals surface area contributed by atoms with E-state index in [1.54, 1.807) is 0 Å². The smallest absolute Gasteiger partial charge is 0.364 e. The first-order valence-electron chi connectivity index (χ1n) is 6.54. The van der Waals surface area contributed by atoms with Crippen molar-refractivity contribution >= 4 is 0 Å². The van der Waals surface area contributed by atoms with Gasteiger partial charge in [-0.05, 0) is 19.8 Å². The van der Waals surface area contributed by atoms with Gasteiger partial charge in [0, 0.05) is 6.04 Å². The van der Waals surface area contributed by atoms with E-state index >= 15 is 0 Å². The molecule has 0 spiro atoms. The molecule has 0 aromatic carbocycles. The minimum atomic E-state index is -4.36. The Bertz CT molecular complexity index is 449. The normalized spacial score (nSPS) is 27.8. The number of ether oxygens (including phenoxy) is 1. The van der Waals surface area contributed by atoms with Crippen molar-refractivity contribution in [2.45, 2.75) is 56.8 Å². The molecule has 0 aliphatic heterocycles. The summed E-state index contributed by atoms with van der Waals surface area (Å²) in [6, 6.07) is -0.0827. The second-order valence-corrected chi connectivity index (χ2v) is 5.39. The van der Waals surface area contributed by atoms with Crippen LogP contribution in [0.2, 0.25) is 0 Å². The summed E-state index contributed by atoms with van der Waals surface area (Å²) in [5.41, 5.74) is 5.69. The van der Waals surface area contributed by atoms with Gasteiger partial charge in [0.25, 0.3) is 0 Å². The lowest BCUT2D eigenvalue weighted by atomic mass is 9.72. The van der Waals surface area contributed by atoms with E-state index < -0.39 is 18.2 Å². The molecule has 20 heavy (non-hydrogen) atoms. The number of nitrogens with zero attached hydrogens (tertiary/aromatic N) is 2. The van der Waals surface area contributed by atoms with E-state index in [4.69, 9.17) is 10.3 Å². The molecule has 1 aromatic rings. The van der Waals surface area contributed by atoms with Gasteiger partial charge in [0.1, 0.15) is 13.2 Å². The van der Waals surface area contributed by atoms with Gasteiger partial charge in [-0.25, -0.2) is 0 Å². The third-order valence-electron chi connectivity index (χ3n) is 3.73. The average Bonchev–Trinajstić information content (AvgIpc) is 2.81. The molecule has 2 rings (SSSR count). The van der Waals surface area contributed by atoms with Crippen molar-refractivity contribution in [1.29, 1.82) is 0 Å². The Morgan fingerprint density at radius 2 is 2.20 bits per heavy atom. The molecule has 0 amide bonds. The monoisotopic (exact) mass is 293 g/mol. The van der Waals surface area contributed by atoms with Crippen molar-refractivity contribution in [1.82, 2.24) is 10.1 Å². The lowest BCUT2D eigenvalue weighted by molar-refractivity contribution is -0.177. The number of halogens is 3. The third kappa shape index (κ3) is 3.49. The van der Waals surface area contributed by atoms with E-state index in [2.05, 4.69) is 14.9 Å². The molecule has 1 aliphatic rings. The maximum absolute atomic E-state index is 12.0. The first-order chi connectivity index (χ1) is 9.31. The highest BCUT2D eigenvalue weighted by Crippen LogP contribution is 2.37. The van der Waals surface area contributed by atoms with E-state index in [9.17, 15) is 13.2 Å². The van der Waals surface area contributed by atoms with Crippen molar-refractivity contribution in [3.05, 3.63) is 11.7 Å². The molecule has 1 saturated carbocycles. The van der Waals surface area contributed by atoms with E-state index in [1.807, 2.05) is 6.92 Å². The number of alkyl halides is 3. The van der Waals surface area contributed by atoms with Crippen molar-refractivity contribution in [2.75, 3.05) is 6.61 Å². The highest BCUT2D eigenvalue weighted by Gasteiger charge is 2.40. The van der Waals surface area contributed by atoms with Crippen LogP contribution in [0.3, 0.4) is 0 Å². The largest absolute Gasteiger partial charge is 0.411 e. The third-order valence-corrected chi connectivity index (χ3v) is 3.73. The van der Waals surface area contributed by atoms with Crippen LogP contribution in [0.15, 0.2) is 4.52 Å². The number of aromatic nitrogens is 2. The molecule has 1 aliphatic carbocycles. The van der Waals surface area contributed by atoms with Gasteiger partial charge in [-0.2, -0.15) is 18.2 Å². The van der Waals surface area contributed by atoms with Gasteiger partial charge in [-0.3, -0.25) is 0 Å². The molecular weight excluding hydrogens is 275 g/mol. The van der Waals surface area contributed by atoms with Gasteiger partial charge in [0.05, 0.1) is 5.41 Å². The minimum Gasteiger partial charge on any atom is -0.364 e.